The summed E-state index contributed by atoms with van der Waals surface area (Å²) in [6.45, 7) is 3.93. The molecular weight excluding hydrogens is 382 g/mol. The summed E-state index contributed by atoms with van der Waals surface area (Å²) in [6, 6.07) is 9.49. The molecule has 0 atom stereocenters. The Morgan fingerprint density at radius 2 is 1.77 bits per heavy atom. The Bertz CT molecular complexity index is 990. The molecule has 0 spiro atoms. The lowest BCUT2D eigenvalue weighted by Crippen LogP contribution is -2.47. The molecule has 2 saturated carbocycles. The molecule has 0 bridgehead atoms. The van der Waals surface area contributed by atoms with Crippen molar-refractivity contribution in [3.63, 3.8) is 0 Å². The first-order chi connectivity index (χ1) is 14.5. The molecule has 3 aliphatic rings. The molecule has 1 aromatic carbocycles. The van der Waals surface area contributed by atoms with E-state index in [0.29, 0.717) is 35.2 Å². The van der Waals surface area contributed by atoms with Crippen LogP contribution in [0.15, 0.2) is 30.3 Å². The van der Waals surface area contributed by atoms with Gasteiger partial charge in [-0.15, -0.1) is 10.2 Å². The lowest BCUT2D eigenvalue weighted by Gasteiger charge is -2.35. The van der Waals surface area contributed by atoms with Crippen molar-refractivity contribution >= 4 is 17.7 Å². The van der Waals surface area contributed by atoms with Gasteiger partial charge in [0.25, 0.3) is 0 Å². The van der Waals surface area contributed by atoms with Crippen molar-refractivity contribution in [1.29, 1.82) is 0 Å². The molecule has 0 radical (unpaired) electrons. The molecule has 3 fully saturated rings. The summed E-state index contributed by atoms with van der Waals surface area (Å²) in [5, 5.41) is 18.6. The predicted octanol–water partition coefficient (Wildman–Crippen LogP) is 1.64. The highest BCUT2D eigenvalue weighted by molar-refractivity contribution is 5.96. The zero-order chi connectivity index (χ0) is 20.9. The number of nitrogens with zero attached hydrogens (tertiary/aromatic N) is 4. The maximum atomic E-state index is 11.9. The number of hydrogen-bond donors (Lipinski definition) is 2. The number of carbonyl (C=O) groups excluding carboxylic acids is 1. The summed E-state index contributed by atoms with van der Waals surface area (Å²) in [7, 11) is 0. The van der Waals surface area contributed by atoms with E-state index in [1.807, 2.05) is 12.1 Å². The van der Waals surface area contributed by atoms with Gasteiger partial charge in [0.2, 0.25) is 5.91 Å². The van der Waals surface area contributed by atoms with E-state index in [1.165, 1.54) is 12.8 Å². The minimum atomic E-state index is -0.912. The monoisotopic (exact) mass is 407 g/mol. The van der Waals surface area contributed by atoms with Gasteiger partial charge in [-0.2, -0.15) is 0 Å². The van der Waals surface area contributed by atoms with Gasteiger partial charge in [-0.3, -0.25) is 14.5 Å². The second-order valence-electron chi connectivity index (χ2n) is 8.54. The summed E-state index contributed by atoms with van der Waals surface area (Å²) >= 11 is 0. The fourth-order valence-corrected chi connectivity index (χ4v) is 4.44. The molecule has 3 N–H and O–H groups in total. The molecule has 8 heteroatoms. The van der Waals surface area contributed by atoms with Crippen molar-refractivity contribution in [2.24, 2.45) is 5.73 Å². The number of carboxylic acids is 1. The summed E-state index contributed by atoms with van der Waals surface area (Å²) in [5.41, 5.74) is 6.71. The van der Waals surface area contributed by atoms with E-state index in [1.54, 1.807) is 18.2 Å². The molecule has 1 aromatic heterocycles. The number of amides is 1. The molecule has 1 saturated heterocycles. The SMILES string of the molecule is NC(=O)c1ccc(C2(C(=O)O)CC2)c(-c2ccc(N3CCN(C4CC4)CC3)nn2)c1. The fraction of sp³-hybridized carbons (Fsp3) is 0.455. The number of aliphatic carboxylic acids is 1. The van der Waals surface area contributed by atoms with E-state index >= 15 is 0 Å². The maximum absolute atomic E-state index is 11.9. The Morgan fingerprint density at radius 1 is 1.03 bits per heavy atom. The molecule has 8 nitrogen and oxygen atoms in total. The highest BCUT2D eigenvalue weighted by atomic mass is 16.4. The lowest BCUT2D eigenvalue weighted by molar-refractivity contribution is -0.140. The first-order valence-corrected chi connectivity index (χ1v) is 10.5. The maximum Gasteiger partial charge on any atom is 0.314 e. The van der Waals surface area contributed by atoms with Gasteiger partial charge < -0.3 is 15.7 Å². The highest BCUT2D eigenvalue weighted by Crippen LogP contribution is 2.51. The number of anilines is 1. The van der Waals surface area contributed by atoms with Crippen LogP contribution in [0.4, 0.5) is 5.82 Å². The summed E-state index contributed by atoms with van der Waals surface area (Å²) in [6.07, 6.45) is 3.78. The van der Waals surface area contributed by atoms with Crippen molar-refractivity contribution in [3.05, 3.63) is 41.5 Å². The second-order valence-corrected chi connectivity index (χ2v) is 8.54. The van der Waals surface area contributed by atoms with Crippen LogP contribution in [0, 0.1) is 0 Å². The zero-order valence-electron chi connectivity index (χ0n) is 16.8. The Hall–Kier alpha value is -3.00. The minimum Gasteiger partial charge on any atom is -0.481 e. The van der Waals surface area contributed by atoms with Crippen LogP contribution < -0.4 is 10.6 Å². The second kappa shape index (κ2) is 7.05. The third-order valence-corrected chi connectivity index (χ3v) is 6.61. The molecule has 1 aliphatic heterocycles. The van der Waals surface area contributed by atoms with Gasteiger partial charge in [0.15, 0.2) is 5.82 Å². The zero-order valence-corrected chi connectivity index (χ0v) is 16.8. The van der Waals surface area contributed by atoms with Crippen LogP contribution in [0.3, 0.4) is 0 Å². The average molecular weight is 407 g/mol. The number of nitrogens with two attached hydrogens (primary N) is 1. The number of piperazine rings is 1. The van der Waals surface area contributed by atoms with E-state index in [2.05, 4.69) is 20.0 Å². The number of benzene rings is 1. The van der Waals surface area contributed by atoms with Crippen LogP contribution in [0.1, 0.15) is 41.6 Å². The number of carboxylic acid groups (broad SMARTS) is 1. The van der Waals surface area contributed by atoms with Gasteiger partial charge in [-0.05, 0) is 55.5 Å². The molecule has 2 heterocycles. The Balaban J connectivity index is 1.43. The van der Waals surface area contributed by atoms with Crippen molar-refractivity contribution in [3.8, 4) is 11.3 Å². The van der Waals surface area contributed by atoms with Crippen molar-refractivity contribution < 1.29 is 14.7 Å². The number of hydrogen-bond acceptors (Lipinski definition) is 6. The van der Waals surface area contributed by atoms with E-state index in [9.17, 15) is 14.7 Å². The first kappa shape index (κ1) is 19.0. The Kier molecular flexibility index (Phi) is 4.47. The molecule has 156 valence electrons. The summed E-state index contributed by atoms with van der Waals surface area (Å²) in [4.78, 5) is 28.4. The first-order valence-electron chi connectivity index (χ1n) is 10.5. The molecule has 30 heavy (non-hydrogen) atoms. The summed E-state index contributed by atoms with van der Waals surface area (Å²) < 4.78 is 0. The largest absolute Gasteiger partial charge is 0.481 e. The third-order valence-electron chi connectivity index (χ3n) is 6.61. The van der Waals surface area contributed by atoms with Gasteiger partial charge >= 0.3 is 5.97 Å². The van der Waals surface area contributed by atoms with Crippen molar-refractivity contribution in [2.75, 3.05) is 31.1 Å². The van der Waals surface area contributed by atoms with Gasteiger partial charge in [0.1, 0.15) is 0 Å². The predicted molar refractivity (Wildman–Crippen MR) is 111 cm³/mol. The van der Waals surface area contributed by atoms with Gasteiger partial charge in [0, 0.05) is 43.3 Å². The summed E-state index contributed by atoms with van der Waals surface area (Å²) in [5.74, 6) is -0.587. The van der Waals surface area contributed by atoms with Gasteiger partial charge in [-0.25, -0.2) is 0 Å². The van der Waals surface area contributed by atoms with Crippen LogP contribution >= 0.6 is 0 Å². The fourth-order valence-electron chi connectivity index (χ4n) is 4.44. The number of primary amides is 1. The molecule has 2 aromatic rings. The van der Waals surface area contributed by atoms with Crippen molar-refractivity contribution in [2.45, 2.75) is 37.1 Å². The normalized spacial score (nSPS) is 20.7. The molecule has 5 rings (SSSR count). The molecule has 0 unspecified atom stereocenters. The van der Waals surface area contributed by atoms with Gasteiger partial charge in [0.05, 0.1) is 11.1 Å². The van der Waals surface area contributed by atoms with E-state index in [4.69, 9.17) is 5.73 Å². The quantitative estimate of drug-likeness (QED) is 0.748. The average Bonchev–Trinajstić information content (AvgIpc) is 3.67. The molecule has 1 amide bonds. The molecule has 2 aliphatic carbocycles. The van der Waals surface area contributed by atoms with Crippen LogP contribution in [-0.2, 0) is 10.2 Å². The Labute approximate surface area is 174 Å². The van der Waals surface area contributed by atoms with Crippen LogP contribution in [0.5, 0.6) is 0 Å². The number of rotatable bonds is 6. The number of carbonyl (C=O) groups is 2. The Morgan fingerprint density at radius 3 is 2.30 bits per heavy atom. The topological polar surface area (TPSA) is 113 Å². The van der Waals surface area contributed by atoms with Crippen molar-refractivity contribution in [1.82, 2.24) is 15.1 Å². The molecular formula is C22H25N5O3. The van der Waals surface area contributed by atoms with E-state index in [0.717, 1.165) is 38.0 Å². The van der Waals surface area contributed by atoms with E-state index < -0.39 is 17.3 Å². The number of aromatic nitrogens is 2. The van der Waals surface area contributed by atoms with E-state index in [-0.39, 0.29) is 0 Å². The lowest BCUT2D eigenvalue weighted by atomic mass is 9.88. The van der Waals surface area contributed by atoms with Crippen LogP contribution in [0.2, 0.25) is 0 Å². The van der Waals surface area contributed by atoms with Crippen LogP contribution in [0.25, 0.3) is 11.3 Å². The third kappa shape index (κ3) is 3.31. The van der Waals surface area contributed by atoms with Crippen LogP contribution in [-0.4, -0.2) is 64.3 Å². The minimum absolute atomic E-state index is 0.331. The highest BCUT2D eigenvalue weighted by Gasteiger charge is 2.53. The smallest absolute Gasteiger partial charge is 0.314 e. The standard InChI is InChI=1S/C22H25N5O3/c23-20(28)14-1-4-17(22(7-8-22)21(29)30)16(13-14)18-5-6-19(25-24-18)27-11-9-26(10-12-27)15-2-3-15/h1,4-6,13,15H,2-3,7-12H2,(H2,23,28)(H,29,30). The van der Waals surface area contributed by atoms with Gasteiger partial charge in [-0.1, -0.05) is 6.07 Å².